The molecule has 5 heteroatoms. The van der Waals surface area contributed by atoms with Gasteiger partial charge in [-0.3, -0.25) is 9.59 Å². The highest BCUT2D eigenvalue weighted by atomic mass is 79.9. The van der Waals surface area contributed by atoms with Crippen LogP contribution in [-0.4, -0.2) is 30.3 Å². The fourth-order valence-electron chi connectivity index (χ4n) is 2.10. The van der Waals surface area contributed by atoms with E-state index in [4.69, 9.17) is 0 Å². The molecule has 2 rings (SSSR count). The van der Waals surface area contributed by atoms with Crippen molar-refractivity contribution in [2.45, 2.75) is 32.2 Å². The molecule has 114 valence electrons. The van der Waals surface area contributed by atoms with Crippen LogP contribution in [0, 0.1) is 5.92 Å². The van der Waals surface area contributed by atoms with Gasteiger partial charge in [-0.2, -0.15) is 0 Å². The third kappa shape index (κ3) is 5.16. The lowest BCUT2D eigenvalue weighted by atomic mass is 10.2. The Hall–Kier alpha value is -1.36. The third-order valence-corrected chi connectivity index (χ3v) is 4.38. The molecule has 0 spiro atoms. The Balaban J connectivity index is 1.67. The number of hydrogen-bond donors (Lipinski definition) is 1. The minimum absolute atomic E-state index is 0.103. The molecule has 1 aliphatic rings. The molecule has 0 radical (unpaired) electrons. The zero-order valence-electron chi connectivity index (χ0n) is 12.3. The van der Waals surface area contributed by atoms with Gasteiger partial charge in [0.15, 0.2) is 0 Å². The molecule has 0 saturated heterocycles. The maximum absolute atomic E-state index is 12.0. The van der Waals surface area contributed by atoms with Crippen molar-refractivity contribution in [3.63, 3.8) is 0 Å². The molecule has 1 N–H and O–H groups in total. The number of amides is 2. The largest absolute Gasteiger partial charge is 0.356 e. The Morgan fingerprint density at radius 1 is 1.33 bits per heavy atom. The molecule has 0 aliphatic heterocycles. The first-order valence-electron chi connectivity index (χ1n) is 7.33. The normalized spacial score (nSPS) is 13.8. The van der Waals surface area contributed by atoms with Crippen LogP contribution in [0.3, 0.4) is 0 Å². The highest BCUT2D eigenvalue weighted by Gasteiger charge is 2.29. The number of rotatable bonds is 7. The van der Waals surface area contributed by atoms with E-state index in [-0.39, 0.29) is 17.7 Å². The molecule has 0 unspecified atom stereocenters. The quantitative estimate of drug-likeness (QED) is 0.767. The van der Waals surface area contributed by atoms with Crippen LogP contribution in [0.1, 0.15) is 31.2 Å². The van der Waals surface area contributed by atoms with Gasteiger partial charge in [0, 0.05) is 36.9 Å². The number of hydrogen-bond acceptors (Lipinski definition) is 2. The summed E-state index contributed by atoms with van der Waals surface area (Å²) in [6.07, 6.45) is 3.18. The average Bonchev–Trinajstić information content (AvgIpc) is 3.30. The summed E-state index contributed by atoms with van der Waals surface area (Å²) < 4.78 is 1.02. The molecule has 1 aromatic rings. The standard InChI is InChI=1S/C16H21BrN2O2/c1-19(11-13-5-2-3-6-14(13)17)15(20)7-4-10-18-16(21)12-8-9-12/h2-3,5-6,12H,4,7-11H2,1H3,(H,18,21). The van der Waals surface area contributed by atoms with E-state index >= 15 is 0 Å². The van der Waals surface area contributed by atoms with Gasteiger partial charge in [0.2, 0.25) is 11.8 Å². The summed E-state index contributed by atoms with van der Waals surface area (Å²) in [6, 6.07) is 7.90. The maximum atomic E-state index is 12.0. The van der Waals surface area contributed by atoms with Gasteiger partial charge in [-0.25, -0.2) is 0 Å². The Bertz CT molecular complexity index is 515. The van der Waals surface area contributed by atoms with Crippen LogP contribution in [0.15, 0.2) is 28.7 Å². The molecule has 2 amide bonds. The van der Waals surface area contributed by atoms with Gasteiger partial charge in [0.05, 0.1) is 0 Å². The van der Waals surface area contributed by atoms with Crippen molar-refractivity contribution in [3.8, 4) is 0 Å². The topological polar surface area (TPSA) is 49.4 Å². The zero-order valence-corrected chi connectivity index (χ0v) is 13.9. The van der Waals surface area contributed by atoms with Crippen LogP contribution in [-0.2, 0) is 16.1 Å². The number of benzene rings is 1. The minimum atomic E-state index is 0.103. The van der Waals surface area contributed by atoms with Gasteiger partial charge in [0.1, 0.15) is 0 Å². The van der Waals surface area contributed by atoms with Crippen molar-refractivity contribution in [1.29, 1.82) is 0 Å². The van der Waals surface area contributed by atoms with E-state index in [9.17, 15) is 9.59 Å². The van der Waals surface area contributed by atoms with Crippen LogP contribution in [0.4, 0.5) is 0 Å². The van der Waals surface area contributed by atoms with Crippen LogP contribution in [0.2, 0.25) is 0 Å². The summed E-state index contributed by atoms with van der Waals surface area (Å²) in [6.45, 7) is 1.18. The molecule has 1 fully saturated rings. The summed E-state index contributed by atoms with van der Waals surface area (Å²) in [5, 5.41) is 2.88. The van der Waals surface area contributed by atoms with Crippen molar-refractivity contribution < 1.29 is 9.59 Å². The molecular formula is C16H21BrN2O2. The lowest BCUT2D eigenvalue weighted by Crippen LogP contribution is -2.29. The Labute approximate surface area is 134 Å². The maximum Gasteiger partial charge on any atom is 0.223 e. The highest BCUT2D eigenvalue weighted by Crippen LogP contribution is 2.28. The molecule has 0 bridgehead atoms. The first kappa shape index (κ1) is 16.0. The second-order valence-corrected chi connectivity index (χ2v) is 6.36. The van der Waals surface area contributed by atoms with Crippen molar-refractivity contribution in [3.05, 3.63) is 34.3 Å². The predicted molar refractivity (Wildman–Crippen MR) is 85.6 cm³/mol. The van der Waals surface area contributed by atoms with Crippen molar-refractivity contribution in [1.82, 2.24) is 10.2 Å². The Morgan fingerprint density at radius 3 is 2.71 bits per heavy atom. The van der Waals surface area contributed by atoms with E-state index in [1.54, 1.807) is 4.90 Å². The Kier molecular flexibility index (Phi) is 5.79. The van der Waals surface area contributed by atoms with Gasteiger partial charge in [-0.1, -0.05) is 34.1 Å². The van der Waals surface area contributed by atoms with E-state index < -0.39 is 0 Å². The fraction of sp³-hybridized carbons (Fsp3) is 0.500. The second kappa shape index (κ2) is 7.59. The molecule has 1 aromatic carbocycles. The summed E-state index contributed by atoms with van der Waals surface area (Å²) >= 11 is 3.49. The number of halogens is 1. The SMILES string of the molecule is CN(Cc1ccccc1Br)C(=O)CCCNC(=O)C1CC1. The molecular weight excluding hydrogens is 332 g/mol. The van der Waals surface area contributed by atoms with E-state index in [0.717, 1.165) is 22.9 Å². The van der Waals surface area contributed by atoms with Crippen molar-refractivity contribution in [2.75, 3.05) is 13.6 Å². The fourth-order valence-corrected chi connectivity index (χ4v) is 2.51. The summed E-state index contributed by atoms with van der Waals surface area (Å²) in [5.74, 6) is 0.481. The van der Waals surface area contributed by atoms with Gasteiger partial charge >= 0.3 is 0 Å². The monoisotopic (exact) mass is 352 g/mol. The minimum Gasteiger partial charge on any atom is -0.356 e. The first-order valence-corrected chi connectivity index (χ1v) is 8.12. The lowest BCUT2D eigenvalue weighted by molar-refractivity contribution is -0.130. The number of carbonyl (C=O) groups is 2. The smallest absolute Gasteiger partial charge is 0.223 e. The number of carbonyl (C=O) groups excluding carboxylic acids is 2. The summed E-state index contributed by atoms with van der Waals surface area (Å²) in [4.78, 5) is 25.2. The van der Waals surface area contributed by atoms with Crippen LogP contribution >= 0.6 is 15.9 Å². The first-order chi connectivity index (χ1) is 10.1. The van der Waals surface area contributed by atoms with Crippen LogP contribution in [0.5, 0.6) is 0 Å². The lowest BCUT2D eigenvalue weighted by Gasteiger charge is -2.18. The molecule has 0 atom stereocenters. The molecule has 0 aromatic heterocycles. The molecule has 1 saturated carbocycles. The van der Waals surface area contributed by atoms with Gasteiger partial charge < -0.3 is 10.2 Å². The van der Waals surface area contributed by atoms with E-state index in [2.05, 4.69) is 21.2 Å². The van der Waals surface area contributed by atoms with E-state index in [1.807, 2.05) is 31.3 Å². The highest BCUT2D eigenvalue weighted by molar-refractivity contribution is 9.10. The van der Waals surface area contributed by atoms with Crippen molar-refractivity contribution in [2.24, 2.45) is 5.92 Å². The zero-order chi connectivity index (χ0) is 15.2. The van der Waals surface area contributed by atoms with Gasteiger partial charge in [-0.15, -0.1) is 0 Å². The second-order valence-electron chi connectivity index (χ2n) is 5.51. The Morgan fingerprint density at radius 2 is 2.05 bits per heavy atom. The summed E-state index contributed by atoms with van der Waals surface area (Å²) in [7, 11) is 1.81. The summed E-state index contributed by atoms with van der Waals surface area (Å²) in [5.41, 5.74) is 1.09. The van der Waals surface area contributed by atoms with E-state index in [1.165, 1.54) is 0 Å². The van der Waals surface area contributed by atoms with Crippen LogP contribution in [0.25, 0.3) is 0 Å². The molecule has 21 heavy (non-hydrogen) atoms. The number of nitrogens with zero attached hydrogens (tertiary/aromatic N) is 1. The van der Waals surface area contributed by atoms with Crippen LogP contribution < -0.4 is 5.32 Å². The number of nitrogens with one attached hydrogen (secondary N) is 1. The molecule has 1 aliphatic carbocycles. The van der Waals surface area contributed by atoms with Crippen molar-refractivity contribution >= 4 is 27.7 Å². The predicted octanol–water partition coefficient (Wildman–Crippen LogP) is 2.71. The van der Waals surface area contributed by atoms with Gasteiger partial charge in [0.25, 0.3) is 0 Å². The van der Waals surface area contributed by atoms with E-state index in [0.29, 0.717) is 25.9 Å². The third-order valence-electron chi connectivity index (χ3n) is 3.61. The average molecular weight is 353 g/mol. The molecule has 4 nitrogen and oxygen atoms in total. The molecule has 0 heterocycles. The van der Waals surface area contributed by atoms with Gasteiger partial charge in [-0.05, 0) is 30.9 Å².